The largest absolute Gasteiger partial charge is 0.510 e. The number of hydrogen-bond acceptors (Lipinski definition) is 15. The number of nitrogens with one attached hydrogen (secondary N) is 1. The molecule has 0 radical (unpaired) electrons. The van der Waals surface area contributed by atoms with Gasteiger partial charge in [0.2, 0.25) is 17.6 Å². The van der Waals surface area contributed by atoms with Crippen molar-refractivity contribution in [2.45, 2.75) is 74.3 Å². The maximum Gasteiger partial charge on any atom is 0.353 e. The highest BCUT2D eigenvalue weighted by molar-refractivity contribution is 8.03. The van der Waals surface area contributed by atoms with Gasteiger partial charge in [-0.1, -0.05) is 26.0 Å². The zero-order valence-electron chi connectivity index (χ0n) is 33.4. The zero-order valence-corrected chi connectivity index (χ0v) is 34.2. The molecule has 3 heterocycles. The van der Waals surface area contributed by atoms with Crippen molar-refractivity contribution in [2.24, 2.45) is 29.4 Å². The number of aliphatic hydroxyl groups is 5. The molecule has 0 aromatic heterocycles. The lowest BCUT2D eigenvalue weighted by Crippen LogP contribution is -2.68. The van der Waals surface area contributed by atoms with Gasteiger partial charge in [-0.15, -0.1) is 11.8 Å². The van der Waals surface area contributed by atoms with Crippen LogP contribution in [0.5, 0.6) is 5.75 Å². The summed E-state index contributed by atoms with van der Waals surface area (Å²) < 4.78 is 0. The predicted octanol–water partition coefficient (Wildman–Crippen LogP) is -1.48. The summed E-state index contributed by atoms with van der Waals surface area (Å²) in [6, 6.07) is 2.60. The number of amides is 3. The molecule has 20 heteroatoms. The van der Waals surface area contributed by atoms with E-state index >= 15 is 0 Å². The highest BCUT2D eigenvalue weighted by Crippen LogP contribution is 2.56. The number of aliphatic hydroxyl groups excluding tert-OH is 4. The molecule has 12 N–H and O–H groups in total. The monoisotopic (exact) mass is 845 g/mol. The number of nitrogens with two attached hydrogens (primary N) is 1. The van der Waals surface area contributed by atoms with Gasteiger partial charge in [0, 0.05) is 48.2 Å². The van der Waals surface area contributed by atoms with Crippen molar-refractivity contribution in [1.29, 1.82) is 0 Å². The number of nitrogens with zero attached hydrogens (tertiary/aromatic N) is 3. The van der Waals surface area contributed by atoms with Crippen LogP contribution in [0.3, 0.4) is 0 Å². The standard InChI is InChI=1S/C22H24N2O8.C17H25N3O5S.H2O/c1-7-8-5-4-6-9(25)11(8)16(26)12-10(7)17(27)14-15(24(2)3)18(28)13(21(23)31)20(30)22(14,32)19(12)29;1-7-12-11(8(2)21)16(23)20(12)13(17(24)25)14(7)26-9-5-10(18-6-9)15(22)19(3)4;/h4-7,10,14-15,17,25,27-29,32H,1-3H3,(H2,23,31);7-12,18,21H,5-6H2,1-4H3,(H,24,25);1H2/t7-,10+,14+,15-,17-,22-;7-,8-,9+,10+,11-,12-;/m01./s1. The van der Waals surface area contributed by atoms with E-state index in [1.807, 2.05) is 6.92 Å². The Hall–Kier alpha value is -4.83. The molecular weight excluding hydrogens is 795 g/mol. The first-order valence-corrected chi connectivity index (χ1v) is 19.6. The second kappa shape index (κ2) is 16.0. The normalized spacial score (nSPS) is 33.9. The average molecular weight is 846 g/mol. The second-order valence-electron chi connectivity index (χ2n) is 16.2. The fourth-order valence-corrected chi connectivity index (χ4v) is 11.2. The second-order valence-corrected chi connectivity index (χ2v) is 17.6. The molecule has 6 aliphatic rings. The van der Waals surface area contributed by atoms with Gasteiger partial charge in [-0.05, 0) is 45.0 Å². The number of carbonyl (C=O) groups is 6. The van der Waals surface area contributed by atoms with Crippen molar-refractivity contribution in [2.75, 3.05) is 34.7 Å². The van der Waals surface area contributed by atoms with Crippen molar-refractivity contribution in [3.63, 3.8) is 0 Å². The lowest BCUT2D eigenvalue weighted by molar-refractivity contribution is -0.163. The Balaban J connectivity index is 0.000000225. The van der Waals surface area contributed by atoms with Crippen molar-refractivity contribution in [1.82, 2.24) is 20.0 Å². The lowest BCUT2D eigenvalue weighted by Gasteiger charge is -2.53. The molecule has 7 rings (SSSR count). The quantitative estimate of drug-likeness (QED) is 0.112. The number of carboxylic acid groups (broad SMARTS) is 1. The van der Waals surface area contributed by atoms with E-state index in [2.05, 4.69) is 5.32 Å². The fraction of sp³-hybridized carbons (Fsp3) is 0.538. The van der Waals surface area contributed by atoms with Crippen LogP contribution < -0.4 is 11.1 Å². The van der Waals surface area contributed by atoms with E-state index in [0.29, 0.717) is 23.4 Å². The van der Waals surface area contributed by atoms with Crippen LogP contribution in [-0.2, 0) is 24.0 Å². The van der Waals surface area contributed by atoms with Gasteiger partial charge in [-0.2, -0.15) is 0 Å². The topological polar surface area (TPSA) is 323 Å². The van der Waals surface area contributed by atoms with Gasteiger partial charge in [-0.3, -0.25) is 28.9 Å². The first-order valence-electron chi connectivity index (χ1n) is 18.8. The van der Waals surface area contributed by atoms with E-state index < -0.39 is 93.6 Å². The summed E-state index contributed by atoms with van der Waals surface area (Å²) in [4.78, 5) is 79.6. The molecule has 59 heavy (non-hydrogen) atoms. The molecule has 0 bridgehead atoms. The lowest BCUT2D eigenvalue weighted by atomic mass is 9.55. The van der Waals surface area contributed by atoms with Gasteiger partial charge in [0.05, 0.1) is 47.7 Å². The van der Waals surface area contributed by atoms with E-state index in [-0.39, 0.29) is 57.6 Å². The Morgan fingerprint density at radius 2 is 1.68 bits per heavy atom. The first kappa shape index (κ1) is 45.3. The van der Waals surface area contributed by atoms with Crippen LogP contribution in [0.1, 0.15) is 49.0 Å². The molecule has 1 aromatic rings. The smallest absolute Gasteiger partial charge is 0.353 e. The third-order valence-electron chi connectivity index (χ3n) is 12.4. The molecule has 322 valence electrons. The van der Waals surface area contributed by atoms with Crippen molar-refractivity contribution in [3.05, 3.63) is 62.6 Å². The molecule has 19 nitrogen and oxygen atoms in total. The number of rotatable bonds is 7. The number of phenolic OH excluding ortho intramolecular Hbond substituents is 1. The number of fused-ring (bicyclic) bond motifs is 4. The van der Waals surface area contributed by atoms with Crippen LogP contribution in [0.25, 0.3) is 0 Å². The average Bonchev–Trinajstić information content (AvgIpc) is 3.70. The Bertz CT molecular complexity index is 2100. The molecule has 3 aliphatic carbocycles. The minimum Gasteiger partial charge on any atom is -0.510 e. The van der Waals surface area contributed by atoms with E-state index in [1.165, 1.54) is 41.7 Å². The number of carbonyl (C=O) groups excluding carboxylic acids is 5. The SMILES string of the molecule is C[C@@H](O)[C@H]1C(=O)N2C(C(=O)O)=C(S[C@@H]3CN[C@H](C(=O)N(C)C)C3)[C@H](C)[C@H]12.C[C@H]1c2cccc(O)c2C(=O)C2=C(O)[C@]3(O)C(=O)C(C(N)=O)=C(O)[C@@H](N(C)C)[C@@H]3[C@@H](O)[C@@H]21.O. The summed E-state index contributed by atoms with van der Waals surface area (Å²) in [5.74, 6) is -11.0. The Morgan fingerprint density at radius 3 is 2.22 bits per heavy atom. The number of hydrogen-bond donors (Lipinski definition) is 9. The number of carboxylic acids is 1. The highest BCUT2D eigenvalue weighted by atomic mass is 32.2. The predicted molar refractivity (Wildman–Crippen MR) is 209 cm³/mol. The molecule has 3 amide bonds. The number of thioether (sulfide) groups is 1. The third-order valence-corrected chi connectivity index (χ3v) is 13.9. The molecule has 1 aromatic carbocycles. The zero-order chi connectivity index (χ0) is 43.2. The Kier molecular flexibility index (Phi) is 12.3. The van der Waals surface area contributed by atoms with Crippen molar-refractivity contribution >= 4 is 47.0 Å². The highest BCUT2D eigenvalue weighted by Gasteiger charge is 2.67. The van der Waals surface area contributed by atoms with Gasteiger partial charge < -0.3 is 62.1 Å². The van der Waals surface area contributed by atoms with E-state index in [4.69, 9.17) is 5.73 Å². The van der Waals surface area contributed by atoms with Crippen LogP contribution in [0.2, 0.25) is 0 Å². The van der Waals surface area contributed by atoms with Gasteiger partial charge in [0.15, 0.2) is 11.4 Å². The summed E-state index contributed by atoms with van der Waals surface area (Å²) in [6.45, 7) is 5.76. The Labute approximate surface area is 343 Å². The summed E-state index contributed by atoms with van der Waals surface area (Å²) in [5, 5.41) is 77.8. The van der Waals surface area contributed by atoms with Gasteiger partial charge in [-0.25, -0.2) is 4.79 Å². The molecule has 2 fully saturated rings. The number of Topliss-reactive ketones (excluding diaryl/α,β-unsaturated/α-hetero) is 2. The van der Waals surface area contributed by atoms with E-state index in [9.17, 15) is 64.5 Å². The molecule has 3 aliphatic heterocycles. The van der Waals surface area contributed by atoms with Crippen molar-refractivity contribution in [3.8, 4) is 5.75 Å². The first-order chi connectivity index (χ1) is 27.0. The number of aliphatic carboxylic acids is 1. The number of primary amides is 1. The van der Waals surface area contributed by atoms with Gasteiger partial charge >= 0.3 is 5.97 Å². The minimum absolute atomic E-state index is 0. The summed E-state index contributed by atoms with van der Waals surface area (Å²) in [5.41, 5.74) is 1.40. The maximum atomic E-state index is 13.3. The van der Waals surface area contributed by atoms with Crippen LogP contribution in [0.4, 0.5) is 0 Å². The summed E-state index contributed by atoms with van der Waals surface area (Å²) >= 11 is 1.45. The number of benzene rings is 1. The molecule has 12 atom stereocenters. The van der Waals surface area contributed by atoms with Crippen LogP contribution in [0.15, 0.2) is 51.5 Å². The van der Waals surface area contributed by atoms with Crippen LogP contribution in [0, 0.1) is 23.7 Å². The molecule has 0 spiro atoms. The van der Waals surface area contributed by atoms with E-state index in [1.54, 1.807) is 45.0 Å². The minimum atomic E-state index is -2.89. The fourth-order valence-electron chi connectivity index (χ4n) is 9.73. The van der Waals surface area contributed by atoms with Crippen LogP contribution >= 0.6 is 11.8 Å². The Morgan fingerprint density at radius 1 is 1.05 bits per heavy atom. The summed E-state index contributed by atoms with van der Waals surface area (Å²) in [7, 11) is 6.39. The number of phenols is 1. The van der Waals surface area contributed by atoms with Crippen LogP contribution in [-0.4, -0.2) is 167 Å². The number of ketones is 2. The molecular formula is C39H51N5O14S. The number of β-lactam (4-membered cyclic amide) rings is 1. The maximum absolute atomic E-state index is 13.3. The van der Waals surface area contributed by atoms with Gasteiger partial charge in [0.1, 0.15) is 28.5 Å². The van der Waals surface area contributed by atoms with Crippen molar-refractivity contribution < 1.29 is 70.0 Å². The number of likely N-dealkylation sites (N-methyl/N-ethyl adjacent to an activating group) is 2. The number of aromatic hydroxyl groups is 1. The van der Waals surface area contributed by atoms with E-state index in [0.717, 1.165) is 0 Å². The van der Waals surface area contributed by atoms with Gasteiger partial charge in [0.25, 0.3) is 5.91 Å². The molecule has 0 saturated carbocycles. The third kappa shape index (κ3) is 6.70. The summed E-state index contributed by atoms with van der Waals surface area (Å²) in [6.07, 6.45) is -1.78. The molecule has 0 unspecified atom stereocenters. The molecule has 2 saturated heterocycles.